The molecule has 3 rings (SSSR count). The number of amides is 1. The number of sulfonamides is 1. The Morgan fingerprint density at radius 1 is 1.28 bits per heavy atom. The van der Waals surface area contributed by atoms with Gasteiger partial charge >= 0.3 is 7.12 Å². The minimum Gasteiger partial charge on any atom is -0.423 e. The number of hydrogen-bond acceptors (Lipinski definition) is 6. The molecule has 0 unspecified atom stereocenters. The van der Waals surface area contributed by atoms with E-state index in [9.17, 15) is 18.2 Å². The third-order valence-electron chi connectivity index (χ3n) is 3.80. The maximum absolute atomic E-state index is 12.7. The molecule has 1 amide bonds. The van der Waals surface area contributed by atoms with Crippen LogP contribution in [0.4, 0.5) is 11.4 Å². The van der Waals surface area contributed by atoms with Gasteiger partial charge in [-0.15, -0.1) is 0 Å². The fourth-order valence-corrected chi connectivity index (χ4v) is 3.95. The first-order valence-corrected chi connectivity index (χ1v) is 8.86. The zero-order valence-electron chi connectivity index (χ0n) is 13.1. The van der Waals surface area contributed by atoms with Gasteiger partial charge in [-0.2, -0.15) is 0 Å². The second-order valence-corrected chi connectivity index (χ2v) is 7.34. The molecule has 0 spiro atoms. The van der Waals surface area contributed by atoms with Gasteiger partial charge < -0.3 is 21.1 Å². The van der Waals surface area contributed by atoms with E-state index >= 15 is 0 Å². The molecule has 1 heterocycles. The van der Waals surface area contributed by atoms with Gasteiger partial charge in [0.1, 0.15) is 0 Å². The molecule has 10 heteroatoms. The molecule has 0 aromatic heterocycles. The zero-order valence-corrected chi connectivity index (χ0v) is 13.9. The summed E-state index contributed by atoms with van der Waals surface area (Å²) in [5.74, 6) is -0.667. The number of nitrogens with two attached hydrogens (primary N) is 2. The summed E-state index contributed by atoms with van der Waals surface area (Å²) < 4.78 is 32.9. The highest BCUT2D eigenvalue weighted by Gasteiger charge is 2.28. The van der Waals surface area contributed by atoms with E-state index in [1.54, 1.807) is 12.1 Å². The molecule has 1 aliphatic heterocycles. The number of hydrogen-bond donors (Lipinski definition) is 4. The van der Waals surface area contributed by atoms with Crippen LogP contribution in [0.3, 0.4) is 0 Å². The normalized spacial score (nSPS) is 13.6. The number of nitrogens with one attached hydrogen (secondary N) is 1. The maximum Gasteiger partial charge on any atom is 0.491 e. The van der Waals surface area contributed by atoms with E-state index in [-0.39, 0.29) is 29.2 Å². The third-order valence-corrected chi connectivity index (χ3v) is 5.28. The minimum absolute atomic E-state index is 0.0854. The van der Waals surface area contributed by atoms with Crippen LogP contribution >= 0.6 is 0 Å². The lowest BCUT2D eigenvalue weighted by Crippen LogP contribution is -2.28. The summed E-state index contributed by atoms with van der Waals surface area (Å²) in [7, 11) is -5.06. The number of carbonyl (C=O) groups excluding carboxylic acids is 1. The highest BCUT2D eigenvalue weighted by atomic mass is 32.2. The summed E-state index contributed by atoms with van der Waals surface area (Å²) in [6, 6.07) is 8.91. The van der Waals surface area contributed by atoms with Gasteiger partial charge in [-0.3, -0.25) is 9.52 Å². The van der Waals surface area contributed by atoms with E-state index in [2.05, 4.69) is 4.72 Å². The number of nitrogen functional groups attached to an aromatic ring is 1. The molecule has 130 valence electrons. The summed E-state index contributed by atoms with van der Waals surface area (Å²) >= 11 is 0. The van der Waals surface area contributed by atoms with Gasteiger partial charge in [-0.05, 0) is 46.9 Å². The van der Waals surface area contributed by atoms with Gasteiger partial charge in [0.05, 0.1) is 17.9 Å². The molecule has 0 bridgehead atoms. The molecule has 2 aromatic carbocycles. The third kappa shape index (κ3) is 3.60. The van der Waals surface area contributed by atoms with E-state index in [0.717, 1.165) is 5.56 Å². The molecule has 0 radical (unpaired) electrons. The van der Waals surface area contributed by atoms with E-state index < -0.39 is 23.0 Å². The molecule has 0 fully saturated rings. The molecule has 0 saturated carbocycles. The van der Waals surface area contributed by atoms with Crippen molar-refractivity contribution >= 4 is 39.9 Å². The number of primary amides is 1. The first kappa shape index (κ1) is 17.3. The Labute approximate surface area is 145 Å². The van der Waals surface area contributed by atoms with Gasteiger partial charge in [-0.25, -0.2) is 8.42 Å². The quantitative estimate of drug-likeness (QED) is 0.410. The van der Waals surface area contributed by atoms with Crippen LogP contribution in [0.5, 0.6) is 0 Å². The summed E-state index contributed by atoms with van der Waals surface area (Å²) in [6.07, 6.45) is -0.252. The largest absolute Gasteiger partial charge is 0.491 e. The first-order chi connectivity index (χ1) is 11.8. The smallest absolute Gasteiger partial charge is 0.423 e. The van der Waals surface area contributed by atoms with Crippen molar-refractivity contribution in [2.75, 3.05) is 10.5 Å². The van der Waals surface area contributed by atoms with E-state index in [0.29, 0.717) is 11.2 Å². The van der Waals surface area contributed by atoms with Gasteiger partial charge in [0.15, 0.2) is 0 Å². The van der Waals surface area contributed by atoms with Crippen LogP contribution in [-0.4, -0.2) is 26.5 Å². The number of benzene rings is 2. The Morgan fingerprint density at radius 3 is 2.76 bits per heavy atom. The van der Waals surface area contributed by atoms with Crippen molar-refractivity contribution in [3.8, 4) is 0 Å². The van der Waals surface area contributed by atoms with Crippen LogP contribution in [-0.2, 0) is 32.5 Å². The average Bonchev–Trinajstić information content (AvgIpc) is 2.87. The molecule has 25 heavy (non-hydrogen) atoms. The monoisotopic (exact) mass is 361 g/mol. The number of rotatable bonds is 5. The second kappa shape index (κ2) is 6.39. The van der Waals surface area contributed by atoms with Crippen molar-refractivity contribution in [1.29, 1.82) is 0 Å². The van der Waals surface area contributed by atoms with E-state index in [1.807, 2.05) is 0 Å². The molecule has 2 aromatic rings. The zero-order chi connectivity index (χ0) is 18.2. The molecule has 0 aliphatic carbocycles. The van der Waals surface area contributed by atoms with Crippen LogP contribution in [0.25, 0.3) is 0 Å². The Balaban J connectivity index is 1.95. The highest BCUT2D eigenvalue weighted by molar-refractivity contribution is 7.92. The lowest BCUT2D eigenvalue weighted by Gasteiger charge is -2.13. The van der Waals surface area contributed by atoms with Gasteiger partial charge in [0, 0.05) is 11.4 Å². The van der Waals surface area contributed by atoms with Crippen molar-refractivity contribution in [3.63, 3.8) is 0 Å². The predicted octanol–water partition coefficient (Wildman–Crippen LogP) is -0.685. The van der Waals surface area contributed by atoms with Crippen LogP contribution in [0, 0.1) is 0 Å². The predicted molar refractivity (Wildman–Crippen MR) is 93.4 cm³/mol. The second-order valence-electron chi connectivity index (χ2n) is 5.69. The summed E-state index contributed by atoms with van der Waals surface area (Å²) in [5, 5.41) is 9.73. The standard InChI is InChI=1S/C15H16BN3O5S/c17-11-2-4-14(10(5-11)6-15(18)20)25(22,23)19-12-3-1-9-8-24-16(21)13(9)7-12/h1-5,7,19,21H,6,8,17H2,(H2,18,20). The Hall–Kier alpha value is -2.56. The SMILES string of the molecule is NC(=O)Cc1cc(N)ccc1S(=O)(=O)Nc1ccc2c(c1)B(O)OC2. The lowest BCUT2D eigenvalue weighted by atomic mass is 9.79. The first-order valence-electron chi connectivity index (χ1n) is 7.38. The molecule has 0 saturated heterocycles. The molecular weight excluding hydrogens is 345 g/mol. The fourth-order valence-electron chi connectivity index (χ4n) is 2.68. The van der Waals surface area contributed by atoms with Crippen molar-refractivity contribution in [2.45, 2.75) is 17.9 Å². The minimum atomic E-state index is -3.98. The number of anilines is 2. The van der Waals surface area contributed by atoms with Gasteiger partial charge in [0.2, 0.25) is 5.91 Å². The molecule has 6 N–H and O–H groups in total. The fraction of sp³-hybridized carbons (Fsp3) is 0.133. The van der Waals surface area contributed by atoms with Gasteiger partial charge in [0.25, 0.3) is 10.0 Å². The van der Waals surface area contributed by atoms with E-state index in [4.69, 9.17) is 16.1 Å². The van der Waals surface area contributed by atoms with Crippen LogP contribution in [0.1, 0.15) is 11.1 Å². The lowest BCUT2D eigenvalue weighted by molar-refractivity contribution is -0.117. The van der Waals surface area contributed by atoms with Crippen LogP contribution in [0.15, 0.2) is 41.3 Å². The summed E-state index contributed by atoms with van der Waals surface area (Å²) in [4.78, 5) is 11.1. The van der Waals surface area contributed by atoms with Crippen LogP contribution < -0.4 is 21.7 Å². The van der Waals surface area contributed by atoms with Crippen molar-refractivity contribution in [1.82, 2.24) is 0 Å². The Morgan fingerprint density at radius 2 is 2.04 bits per heavy atom. The van der Waals surface area contributed by atoms with Gasteiger partial charge in [-0.1, -0.05) is 6.07 Å². The van der Waals surface area contributed by atoms with Crippen LogP contribution in [0.2, 0.25) is 0 Å². The number of fused-ring (bicyclic) bond motifs is 1. The van der Waals surface area contributed by atoms with Crippen molar-refractivity contribution in [3.05, 3.63) is 47.5 Å². The number of carbonyl (C=O) groups is 1. The molecular formula is C15H16BN3O5S. The topological polar surface area (TPSA) is 145 Å². The Bertz CT molecular complexity index is 948. The van der Waals surface area contributed by atoms with Crippen molar-refractivity contribution in [2.24, 2.45) is 5.73 Å². The highest BCUT2D eigenvalue weighted by Crippen LogP contribution is 2.23. The summed E-state index contributed by atoms with van der Waals surface area (Å²) in [5.41, 5.74) is 13.0. The maximum atomic E-state index is 12.7. The molecule has 8 nitrogen and oxygen atoms in total. The Kier molecular flexibility index (Phi) is 4.42. The van der Waals surface area contributed by atoms with Crippen molar-refractivity contribution < 1.29 is 22.9 Å². The average molecular weight is 361 g/mol. The summed E-state index contributed by atoms with van der Waals surface area (Å²) in [6.45, 7) is 0.268. The molecule has 0 atom stereocenters. The van der Waals surface area contributed by atoms with E-state index in [1.165, 1.54) is 24.3 Å². The molecule has 1 aliphatic rings.